The number of H-pyrrole nitrogens is 2. The van der Waals surface area contributed by atoms with Gasteiger partial charge >= 0.3 is 5.97 Å². The van der Waals surface area contributed by atoms with Gasteiger partial charge in [-0.1, -0.05) is 36.4 Å². The molecule has 0 aliphatic carbocycles. The molecule has 2 aromatic heterocycles. The van der Waals surface area contributed by atoms with Crippen molar-refractivity contribution in [3.05, 3.63) is 71.5 Å². The molecule has 4 rings (SSSR count). The van der Waals surface area contributed by atoms with E-state index in [0.29, 0.717) is 6.42 Å². The maximum Gasteiger partial charge on any atom is 0.332 e. The maximum absolute atomic E-state index is 11.1. The molecule has 5 nitrogen and oxygen atoms in total. The standard InChI is InChI=1S/C20H18N2O3/c23-19(20(24)25)10-15-14-6-2-4-8-17(14)22-18(15)9-12-11-21-16-7-3-1-5-13(12)16/h1-8,11,19,21-23H,9-10H2,(H,24,25). The second-order valence-corrected chi connectivity index (χ2v) is 6.22. The van der Waals surface area contributed by atoms with Gasteiger partial charge in [0.1, 0.15) is 0 Å². The third-order valence-electron chi connectivity index (χ3n) is 4.63. The largest absolute Gasteiger partial charge is 0.479 e. The maximum atomic E-state index is 11.1. The molecule has 0 aliphatic rings. The van der Waals surface area contributed by atoms with Crippen molar-refractivity contribution in [2.24, 2.45) is 0 Å². The molecule has 0 saturated carbocycles. The monoisotopic (exact) mass is 334 g/mol. The molecule has 4 aromatic rings. The quantitative estimate of drug-likeness (QED) is 0.452. The van der Waals surface area contributed by atoms with Crippen LogP contribution < -0.4 is 0 Å². The summed E-state index contributed by atoms with van der Waals surface area (Å²) in [5.74, 6) is -1.21. The Morgan fingerprint density at radius 1 is 1.00 bits per heavy atom. The highest BCUT2D eigenvalue weighted by Gasteiger charge is 2.20. The van der Waals surface area contributed by atoms with E-state index < -0.39 is 12.1 Å². The van der Waals surface area contributed by atoms with E-state index in [2.05, 4.69) is 16.0 Å². The van der Waals surface area contributed by atoms with Gasteiger partial charge in [0, 0.05) is 46.5 Å². The van der Waals surface area contributed by atoms with E-state index in [-0.39, 0.29) is 6.42 Å². The van der Waals surface area contributed by atoms with Crippen molar-refractivity contribution >= 4 is 27.8 Å². The van der Waals surface area contributed by atoms with Crippen LogP contribution in [0.25, 0.3) is 21.8 Å². The van der Waals surface area contributed by atoms with Gasteiger partial charge in [0.15, 0.2) is 6.10 Å². The highest BCUT2D eigenvalue weighted by Crippen LogP contribution is 2.28. The fourth-order valence-corrected chi connectivity index (χ4v) is 3.39. The lowest BCUT2D eigenvalue weighted by Gasteiger charge is -2.08. The van der Waals surface area contributed by atoms with E-state index in [1.54, 1.807) is 0 Å². The van der Waals surface area contributed by atoms with Crippen LogP contribution in [-0.4, -0.2) is 32.3 Å². The molecule has 0 fully saturated rings. The number of para-hydroxylation sites is 2. The summed E-state index contributed by atoms with van der Waals surface area (Å²) in [6.45, 7) is 0. The molecule has 1 unspecified atom stereocenters. The predicted molar refractivity (Wildman–Crippen MR) is 96.8 cm³/mol. The molecule has 0 radical (unpaired) electrons. The van der Waals surface area contributed by atoms with Gasteiger partial charge in [-0.15, -0.1) is 0 Å². The third-order valence-corrected chi connectivity index (χ3v) is 4.63. The van der Waals surface area contributed by atoms with Crippen LogP contribution in [0.1, 0.15) is 16.8 Å². The zero-order valence-electron chi connectivity index (χ0n) is 13.5. The fraction of sp³-hybridized carbons (Fsp3) is 0.150. The van der Waals surface area contributed by atoms with Crippen molar-refractivity contribution in [1.29, 1.82) is 0 Å². The van der Waals surface area contributed by atoms with Crippen LogP contribution in [-0.2, 0) is 17.6 Å². The zero-order valence-corrected chi connectivity index (χ0v) is 13.5. The molecule has 2 heterocycles. The number of benzene rings is 2. The van der Waals surface area contributed by atoms with E-state index in [0.717, 1.165) is 38.6 Å². The number of carboxylic acids is 1. The van der Waals surface area contributed by atoms with Crippen LogP contribution >= 0.6 is 0 Å². The van der Waals surface area contributed by atoms with Crippen molar-refractivity contribution in [2.75, 3.05) is 0 Å². The topological polar surface area (TPSA) is 89.1 Å². The summed E-state index contributed by atoms with van der Waals surface area (Å²) in [5.41, 5.74) is 4.95. The van der Waals surface area contributed by atoms with Crippen LogP contribution in [0.5, 0.6) is 0 Å². The van der Waals surface area contributed by atoms with E-state index in [1.807, 2.05) is 48.7 Å². The molecule has 126 valence electrons. The Labute approximate surface area is 143 Å². The Morgan fingerprint density at radius 2 is 1.68 bits per heavy atom. The molecular weight excluding hydrogens is 316 g/mol. The minimum atomic E-state index is -1.42. The first-order valence-electron chi connectivity index (χ1n) is 8.18. The lowest BCUT2D eigenvalue weighted by Crippen LogP contribution is -2.22. The number of rotatable bonds is 5. The number of aromatic nitrogens is 2. The second kappa shape index (κ2) is 6.11. The van der Waals surface area contributed by atoms with E-state index in [1.165, 1.54) is 0 Å². The Kier molecular flexibility index (Phi) is 3.78. The van der Waals surface area contributed by atoms with E-state index >= 15 is 0 Å². The van der Waals surface area contributed by atoms with Gasteiger partial charge in [-0.3, -0.25) is 0 Å². The number of carboxylic acid groups (broad SMARTS) is 1. The molecule has 0 aliphatic heterocycles. The molecule has 2 aromatic carbocycles. The molecule has 0 amide bonds. The number of carbonyl (C=O) groups is 1. The van der Waals surface area contributed by atoms with Crippen LogP contribution in [0.2, 0.25) is 0 Å². The van der Waals surface area contributed by atoms with Gasteiger partial charge in [-0.05, 0) is 23.3 Å². The highest BCUT2D eigenvalue weighted by molar-refractivity contribution is 5.87. The Balaban J connectivity index is 1.79. The minimum absolute atomic E-state index is 0.0804. The molecule has 1 atom stereocenters. The Morgan fingerprint density at radius 3 is 2.44 bits per heavy atom. The Hall–Kier alpha value is -3.05. The van der Waals surface area contributed by atoms with Gasteiger partial charge in [0.2, 0.25) is 0 Å². The highest BCUT2D eigenvalue weighted by atomic mass is 16.4. The minimum Gasteiger partial charge on any atom is -0.479 e. The third kappa shape index (κ3) is 2.79. The molecule has 0 bridgehead atoms. The lowest BCUT2D eigenvalue weighted by molar-refractivity contribution is -0.146. The first kappa shape index (κ1) is 15.5. The van der Waals surface area contributed by atoms with Crippen molar-refractivity contribution in [3.63, 3.8) is 0 Å². The second-order valence-electron chi connectivity index (χ2n) is 6.22. The predicted octanol–water partition coefficient (Wildman–Crippen LogP) is 3.23. The number of nitrogens with one attached hydrogen (secondary N) is 2. The van der Waals surface area contributed by atoms with Gasteiger partial charge < -0.3 is 20.2 Å². The normalized spacial score (nSPS) is 12.7. The number of aliphatic hydroxyl groups excluding tert-OH is 1. The fourth-order valence-electron chi connectivity index (χ4n) is 3.39. The summed E-state index contributed by atoms with van der Waals surface area (Å²) in [5, 5.41) is 21.0. The number of hydrogen-bond donors (Lipinski definition) is 4. The number of fused-ring (bicyclic) bond motifs is 2. The first-order chi connectivity index (χ1) is 12.1. The van der Waals surface area contributed by atoms with Crippen molar-refractivity contribution in [2.45, 2.75) is 18.9 Å². The van der Waals surface area contributed by atoms with Crippen LogP contribution in [0, 0.1) is 0 Å². The molecule has 4 N–H and O–H groups in total. The summed E-state index contributed by atoms with van der Waals surface area (Å²) in [4.78, 5) is 17.8. The first-order valence-corrected chi connectivity index (χ1v) is 8.18. The van der Waals surface area contributed by atoms with Crippen molar-refractivity contribution in [1.82, 2.24) is 9.97 Å². The number of aliphatic carboxylic acids is 1. The molecule has 5 heteroatoms. The summed E-state index contributed by atoms with van der Waals surface area (Å²) >= 11 is 0. The molecule has 0 spiro atoms. The zero-order chi connectivity index (χ0) is 17.4. The van der Waals surface area contributed by atoms with E-state index in [9.17, 15) is 9.90 Å². The smallest absolute Gasteiger partial charge is 0.332 e. The average Bonchev–Trinajstić information content (AvgIpc) is 3.17. The van der Waals surface area contributed by atoms with Gasteiger partial charge in [-0.2, -0.15) is 0 Å². The summed E-state index contributed by atoms with van der Waals surface area (Å²) < 4.78 is 0. The average molecular weight is 334 g/mol. The molecule has 0 saturated heterocycles. The van der Waals surface area contributed by atoms with Crippen LogP contribution in [0.3, 0.4) is 0 Å². The number of hydrogen-bond acceptors (Lipinski definition) is 2. The summed E-state index contributed by atoms with van der Waals surface area (Å²) in [6, 6.07) is 15.8. The number of aromatic amines is 2. The van der Waals surface area contributed by atoms with Crippen LogP contribution in [0.15, 0.2) is 54.7 Å². The molecule has 25 heavy (non-hydrogen) atoms. The van der Waals surface area contributed by atoms with Crippen molar-refractivity contribution in [3.8, 4) is 0 Å². The van der Waals surface area contributed by atoms with Gasteiger partial charge in [0.25, 0.3) is 0 Å². The van der Waals surface area contributed by atoms with Gasteiger partial charge in [0.05, 0.1) is 0 Å². The van der Waals surface area contributed by atoms with Gasteiger partial charge in [-0.25, -0.2) is 4.79 Å². The van der Waals surface area contributed by atoms with Crippen molar-refractivity contribution < 1.29 is 15.0 Å². The summed E-state index contributed by atoms with van der Waals surface area (Å²) in [6.07, 6.45) is 1.28. The SMILES string of the molecule is O=C(O)C(O)Cc1c(Cc2c[nH]c3ccccc23)[nH]c2ccccc12. The van der Waals surface area contributed by atoms with Crippen LogP contribution in [0.4, 0.5) is 0 Å². The Bertz CT molecular complexity index is 1060. The van der Waals surface area contributed by atoms with E-state index in [4.69, 9.17) is 5.11 Å². The lowest BCUT2D eigenvalue weighted by atomic mass is 10.00. The number of aliphatic hydroxyl groups is 1. The summed E-state index contributed by atoms with van der Waals surface area (Å²) in [7, 11) is 0. The molecular formula is C20H18N2O3.